The number of nitrogens with one attached hydrogen (secondary N) is 1. The number of ether oxygens (including phenoxy) is 1. The summed E-state index contributed by atoms with van der Waals surface area (Å²) in [6.45, 7) is 2.16. The first kappa shape index (κ1) is 21.1. The zero-order chi connectivity index (χ0) is 22.0. The summed E-state index contributed by atoms with van der Waals surface area (Å²) in [6.07, 6.45) is 1.62. The van der Waals surface area contributed by atoms with Crippen LogP contribution in [0.3, 0.4) is 0 Å². The average Bonchev–Trinajstić information content (AvgIpc) is 3.19. The minimum Gasteiger partial charge on any atom is -0.465 e. The van der Waals surface area contributed by atoms with Crippen LogP contribution < -0.4 is 10.2 Å². The third-order valence-electron chi connectivity index (χ3n) is 5.55. The lowest BCUT2D eigenvalue weighted by Crippen LogP contribution is -2.42. The van der Waals surface area contributed by atoms with Crippen LogP contribution in [0.5, 0.6) is 0 Å². The summed E-state index contributed by atoms with van der Waals surface area (Å²) in [5.41, 5.74) is 3.73. The molecule has 0 radical (unpaired) electrons. The normalized spacial score (nSPS) is 15.3. The van der Waals surface area contributed by atoms with Crippen LogP contribution in [0, 0.1) is 5.82 Å². The van der Waals surface area contributed by atoms with Gasteiger partial charge in [0.25, 0.3) is 0 Å². The molecule has 0 spiro atoms. The van der Waals surface area contributed by atoms with Crippen molar-refractivity contribution in [2.45, 2.75) is 25.8 Å². The monoisotopic (exact) mass is 438 g/mol. The van der Waals surface area contributed by atoms with Gasteiger partial charge in [0.15, 0.2) is 0 Å². The summed E-state index contributed by atoms with van der Waals surface area (Å²) in [5, 5.41) is 5.19. The molecule has 1 aliphatic heterocycles. The quantitative estimate of drug-likeness (QED) is 0.562. The number of benzene rings is 2. The SMILES string of the molecule is COC(=O)c1c(-c2ccccc2)csc1NC(=O)CN1c2ccc(F)cc2CCC1C. The molecule has 0 aliphatic carbocycles. The topological polar surface area (TPSA) is 58.6 Å². The van der Waals surface area contributed by atoms with E-state index in [9.17, 15) is 14.0 Å². The van der Waals surface area contributed by atoms with Crippen LogP contribution in [0.2, 0.25) is 0 Å². The molecular formula is C24H23FN2O3S. The molecule has 0 saturated carbocycles. The molecule has 1 atom stereocenters. The number of thiophene rings is 1. The zero-order valence-corrected chi connectivity index (χ0v) is 18.2. The smallest absolute Gasteiger partial charge is 0.341 e. The summed E-state index contributed by atoms with van der Waals surface area (Å²) < 4.78 is 18.6. The Morgan fingerprint density at radius 2 is 2.00 bits per heavy atom. The van der Waals surface area contributed by atoms with Crippen LogP contribution in [0.1, 0.15) is 29.3 Å². The molecule has 1 aromatic heterocycles. The van der Waals surface area contributed by atoms with Gasteiger partial charge in [0.05, 0.1) is 13.7 Å². The number of esters is 1. The lowest BCUT2D eigenvalue weighted by molar-refractivity contribution is -0.115. The van der Waals surface area contributed by atoms with Gasteiger partial charge >= 0.3 is 5.97 Å². The van der Waals surface area contributed by atoms with Gasteiger partial charge in [0, 0.05) is 22.7 Å². The van der Waals surface area contributed by atoms with E-state index in [1.54, 1.807) is 6.07 Å². The number of rotatable bonds is 5. The first-order valence-corrected chi connectivity index (χ1v) is 11.0. The van der Waals surface area contributed by atoms with Gasteiger partial charge in [-0.05, 0) is 49.1 Å². The van der Waals surface area contributed by atoms with E-state index >= 15 is 0 Å². The maximum absolute atomic E-state index is 13.6. The summed E-state index contributed by atoms with van der Waals surface area (Å²) in [4.78, 5) is 27.4. The molecule has 2 aromatic carbocycles. The van der Waals surface area contributed by atoms with E-state index < -0.39 is 5.97 Å². The Morgan fingerprint density at radius 3 is 2.74 bits per heavy atom. The van der Waals surface area contributed by atoms with Crippen molar-refractivity contribution in [3.63, 3.8) is 0 Å². The van der Waals surface area contributed by atoms with Crippen LogP contribution in [0.25, 0.3) is 11.1 Å². The summed E-state index contributed by atoms with van der Waals surface area (Å²) in [7, 11) is 1.33. The van der Waals surface area contributed by atoms with Gasteiger partial charge < -0.3 is 15.0 Å². The van der Waals surface area contributed by atoms with Crippen molar-refractivity contribution in [2.75, 3.05) is 23.9 Å². The first-order valence-electron chi connectivity index (χ1n) is 10.1. The van der Waals surface area contributed by atoms with E-state index in [0.29, 0.717) is 10.6 Å². The maximum Gasteiger partial charge on any atom is 0.341 e. The third-order valence-corrected chi connectivity index (χ3v) is 6.44. The van der Waals surface area contributed by atoms with Crippen molar-refractivity contribution in [3.8, 4) is 11.1 Å². The van der Waals surface area contributed by atoms with E-state index in [0.717, 1.165) is 35.2 Å². The Labute approximate surface area is 184 Å². The number of anilines is 2. The molecule has 160 valence electrons. The molecule has 5 nitrogen and oxygen atoms in total. The molecular weight excluding hydrogens is 415 g/mol. The number of methoxy groups -OCH3 is 1. The van der Waals surface area contributed by atoms with Crippen molar-refractivity contribution in [1.82, 2.24) is 0 Å². The second-order valence-corrected chi connectivity index (χ2v) is 8.43. The number of hydrogen-bond acceptors (Lipinski definition) is 5. The lowest BCUT2D eigenvalue weighted by Gasteiger charge is -2.36. The minimum absolute atomic E-state index is 0.110. The fraction of sp³-hybridized carbons (Fsp3) is 0.250. The van der Waals surface area contributed by atoms with Crippen molar-refractivity contribution in [2.24, 2.45) is 0 Å². The molecule has 1 N–H and O–H groups in total. The van der Waals surface area contributed by atoms with Crippen LogP contribution >= 0.6 is 11.3 Å². The fourth-order valence-corrected chi connectivity index (χ4v) is 4.91. The van der Waals surface area contributed by atoms with Gasteiger partial charge in [-0.3, -0.25) is 4.79 Å². The molecule has 1 amide bonds. The van der Waals surface area contributed by atoms with Crippen molar-refractivity contribution < 1.29 is 18.7 Å². The van der Waals surface area contributed by atoms with Crippen molar-refractivity contribution in [1.29, 1.82) is 0 Å². The number of halogens is 1. The molecule has 0 bridgehead atoms. The highest BCUT2D eigenvalue weighted by molar-refractivity contribution is 7.15. The number of amides is 1. The fourth-order valence-electron chi connectivity index (χ4n) is 3.94. The standard InChI is InChI=1S/C24H23FN2O3S/c1-15-8-9-17-12-18(25)10-11-20(17)27(15)13-21(28)26-23-22(24(29)30-2)19(14-31-23)16-6-4-3-5-7-16/h3-7,10-12,14-15H,8-9,13H2,1-2H3,(H,26,28). The van der Waals surface area contributed by atoms with Gasteiger partial charge in [0.2, 0.25) is 5.91 Å². The largest absolute Gasteiger partial charge is 0.465 e. The predicted octanol–water partition coefficient (Wildman–Crippen LogP) is 5.12. The number of aryl methyl sites for hydroxylation is 1. The molecule has 31 heavy (non-hydrogen) atoms. The zero-order valence-electron chi connectivity index (χ0n) is 17.4. The Hall–Kier alpha value is -3.19. The Morgan fingerprint density at radius 1 is 1.23 bits per heavy atom. The highest BCUT2D eigenvalue weighted by atomic mass is 32.1. The minimum atomic E-state index is -0.498. The van der Waals surface area contributed by atoms with E-state index in [-0.39, 0.29) is 24.3 Å². The van der Waals surface area contributed by atoms with Crippen molar-refractivity contribution >= 4 is 33.9 Å². The van der Waals surface area contributed by atoms with Crippen LogP contribution in [-0.4, -0.2) is 31.6 Å². The number of nitrogens with zero attached hydrogens (tertiary/aromatic N) is 1. The molecule has 0 saturated heterocycles. The van der Waals surface area contributed by atoms with Gasteiger partial charge in [0.1, 0.15) is 16.4 Å². The van der Waals surface area contributed by atoms with Crippen molar-refractivity contribution in [3.05, 3.63) is 70.9 Å². The maximum atomic E-state index is 13.6. The summed E-state index contributed by atoms with van der Waals surface area (Å²) in [5.74, 6) is -1.01. The Bertz CT molecular complexity index is 1110. The van der Waals surface area contributed by atoms with Crippen LogP contribution in [0.4, 0.5) is 15.1 Å². The summed E-state index contributed by atoms with van der Waals surface area (Å²) >= 11 is 1.29. The number of carbonyl (C=O) groups excluding carboxylic acids is 2. The molecule has 0 fully saturated rings. The lowest BCUT2D eigenvalue weighted by atomic mass is 9.96. The molecule has 3 aromatic rings. The van der Waals surface area contributed by atoms with Crippen LogP contribution in [-0.2, 0) is 16.0 Å². The van der Waals surface area contributed by atoms with Gasteiger partial charge in [-0.2, -0.15) is 0 Å². The van der Waals surface area contributed by atoms with Gasteiger partial charge in [-0.15, -0.1) is 11.3 Å². The average molecular weight is 439 g/mol. The van der Waals surface area contributed by atoms with E-state index in [1.807, 2.05) is 40.6 Å². The second kappa shape index (κ2) is 8.89. The molecule has 4 rings (SSSR count). The number of hydrogen-bond donors (Lipinski definition) is 1. The summed E-state index contributed by atoms with van der Waals surface area (Å²) in [6, 6.07) is 14.3. The highest BCUT2D eigenvalue weighted by Gasteiger charge is 2.27. The predicted molar refractivity (Wildman–Crippen MR) is 121 cm³/mol. The Kier molecular flexibility index (Phi) is 6.04. The molecule has 1 unspecified atom stereocenters. The van der Waals surface area contributed by atoms with E-state index in [2.05, 4.69) is 12.2 Å². The first-order chi connectivity index (χ1) is 15.0. The number of fused-ring (bicyclic) bond motifs is 1. The molecule has 1 aliphatic rings. The molecule has 7 heteroatoms. The highest BCUT2D eigenvalue weighted by Crippen LogP contribution is 2.36. The van der Waals surface area contributed by atoms with Crippen LogP contribution in [0.15, 0.2) is 53.9 Å². The van der Waals surface area contributed by atoms with Gasteiger partial charge in [-0.1, -0.05) is 30.3 Å². The number of carbonyl (C=O) groups is 2. The van der Waals surface area contributed by atoms with E-state index in [4.69, 9.17) is 4.74 Å². The van der Waals surface area contributed by atoms with E-state index in [1.165, 1.54) is 30.6 Å². The Balaban J connectivity index is 1.58. The molecule has 2 heterocycles. The third kappa shape index (κ3) is 4.32. The van der Waals surface area contributed by atoms with Gasteiger partial charge in [-0.25, -0.2) is 9.18 Å². The second-order valence-electron chi connectivity index (χ2n) is 7.55.